The summed E-state index contributed by atoms with van der Waals surface area (Å²) < 4.78 is 7.14. The van der Waals surface area contributed by atoms with E-state index in [2.05, 4.69) is 23.4 Å². The van der Waals surface area contributed by atoms with Gasteiger partial charge >= 0.3 is 5.97 Å². The summed E-state index contributed by atoms with van der Waals surface area (Å²) in [6, 6.07) is 5.87. The number of hydrogen-bond acceptors (Lipinski definition) is 3. The molecular weight excluding hydrogens is 228 g/mol. The standard InChI is InChI=1S/C14H18N2O2/c1-5-18-14(17)11-6-7-13-12(8-11)15-10(4)16(13)9(2)3/h6-9H,5H2,1-4H3. The molecule has 1 aromatic carbocycles. The molecule has 0 bridgehead atoms. The van der Waals surface area contributed by atoms with E-state index in [1.54, 1.807) is 19.1 Å². The molecule has 0 radical (unpaired) electrons. The molecule has 4 heteroatoms. The van der Waals surface area contributed by atoms with E-state index in [4.69, 9.17) is 4.74 Å². The summed E-state index contributed by atoms with van der Waals surface area (Å²) in [7, 11) is 0. The highest BCUT2D eigenvalue weighted by atomic mass is 16.5. The minimum atomic E-state index is -0.295. The zero-order valence-corrected chi connectivity index (χ0v) is 11.2. The van der Waals surface area contributed by atoms with Crippen LogP contribution in [0.4, 0.5) is 0 Å². The number of esters is 1. The third-order valence-electron chi connectivity index (χ3n) is 2.89. The maximum absolute atomic E-state index is 11.7. The molecule has 0 aliphatic rings. The molecule has 2 rings (SSSR count). The van der Waals surface area contributed by atoms with Crippen LogP contribution in [0.15, 0.2) is 18.2 Å². The molecule has 96 valence electrons. The highest BCUT2D eigenvalue weighted by Crippen LogP contribution is 2.22. The summed E-state index contributed by atoms with van der Waals surface area (Å²) in [6.45, 7) is 8.40. The lowest BCUT2D eigenvalue weighted by Crippen LogP contribution is -2.05. The lowest BCUT2D eigenvalue weighted by atomic mass is 10.2. The van der Waals surface area contributed by atoms with Crippen molar-refractivity contribution in [1.82, 2.24) is 9.55 Å². The molecule has 0 N–H and O–H groups in total. The highest BCUT2D eigenvalue weighted by Gasteiger charge is 2.13. The van der Waals surface area contributed by atoms with Crippen LogP contribution >= 0.6 is 0 Å². The third-order valence-corrected chi connectivity index (χ3v) is 2.89. The van der Waals surface area contributed by atoms with Gasteiger partial charge in [-0.25, -0.2) is 9.78 Å². The molecule has 0 amide bonds. The molecule has 0 aliphatic heterocycles. The number of rotatable bonds is 3. The van der Waals surface area contributed by atoms with Crippen molar-refractivity contribution in [2.75, 3.05) is 6.61 Å². The highest BCUT2D eigenvalue weighted by molar-refractivity contribution is 5.93. The number of hydrogen-bond donors (Lipinski definition) is 0. The minimum absolute atomic E-state index is 0.295. The third kappa shape index (κ3) is 2.10. The number of aryl methyl sites for hydroxylation is 1. The van der Waals surface area contributed by atoms with Crippen LogP contribution in [0.5, 0.6) is 0 Å². The Bertz CT molecular complexity index is 585. The quantitative estimate of drug-likeness (QED) is 0.782. The van der Waals surface area contributed by atoms with Crippen LogP contribution in [0.1, 0.15) is 43.0 Å². The van der Waals surface area contributed by atoms with Crippen molar-refractivity contribution >= 4 is 17.0 Å². The number of carbonyl (C=O) groups excluding carboxylic acids is 1. The van der Waals surface area contributed by atoms with Crippen LogP contribution in [0.3, 0.4) is 0 Å². The Balaban J connectivity index is 2.51. The van der Waals surface area contributed by atoms with Gasteiger partial charge in [-0.1, -0.05) is 0 Å². The first kappa shape index (κ1) is 12.6. The zero-order valence-electron chi connectivity index (χ0n) is 11.2. The fraction of sp³-hybridized carbons (Fsp3) is 0.429. The molecule has 0 fully saturated rings. The lowest BCUT2D eigenvalue weighted by molar-refractivity contribution is 0.0526. The number of benzene rings is 1. The van der Waals surface area contributed by atoms with Crippen LogP contribution in [-0.2, 0) is 4.74 Å². The normalized spacial score (nSPS) is 11.2. The maximum Gasteiger partial charge on any atom is 0.338 e. The maximum atomic E-state index is 11.7. The Hall–Kier alpha value is -1.84. The largest absolute Gasteiger partial charge is 0.462 e. The van der Waals surface area contributed by atoms with E-state index in [0.717, 1.165) is 16.9 Å². The first-order valence-corrected chi connectivity index (χ1v) is 6.20. The van der Waals surface area contributed by atoms with Crippen molar-refractivity contribution in [3.8, 4) is 0 Å². The van der Waals surface area contributed by atoms with Gasteiger partial charge in [0.25, 0.3) is 0 Å². The predicted octanol–water partition coefficient (Wildman–Crippen LogP) is 3.10. The van der Waals surface area contributed by atoms with Crippen LogP contribution in [0, 0.1) is 6.92 Å². The van der Waals surface area contributed by atoms with Crippen molar-refractivity contribution in [2.45, 2.75) is 33.7 Å². The Morgan fingerprint density at radius 1 is 1.44 bits per heavy atom. The second-order valence-corrected chi connectivity index (χ2v) is 4.55. The Morgan fingerprint density at radius 2 is 2.17 bits per heavy atom. The van der Waals surface area contributed by atoms with Gasteiger partial charge in [-0.05, 0) is 45.9 Å². The summed E-state index contributed by atoms with van der Waals surface area (Å²) in [5, 5.41) is 0. The van der Waals surface area contributed by atoms with Gasteiger partial charge in [-0.3, -0.25) is 0 Å². The molecule has 0 saturated carbocycles. The molecule has 0 unspecified atom stereocenters. The fourth-order valence-electron chi connectivity index (χ4n) is 2.21. The van der Waals surface area contributed by atoms with E-state index in [9.17, 15) is 4.79 Å². The average molecular weight is 246 g/mol. The number of carbonyl (C=O) groups is 1. The van der Waals surface area contributed by atoms with Crippen molar-refractivity contribution in [3.05, 3.63) is 29.6 Å². The Morgan fingerprint density at radius 3 is 2.78 bits per heavy atom. The molecule has 0 spiro atoms. The topological polar surface area (TPSA) is 44.1 Å². The van der Waals surface area contributed by atoms with Gasteiger partial charge in [0.2, 0.25) is 0 Å². The summed E-state index contributed by atoms with van der Waals surface area (Å²) in [5.74, 6) is 0.664. The molecule has 2 aromatic rings. The summed E-state index contributed by atoms with van der Waals surface area (Å²) in [6.07, 6.45) is 0. The van der Waals surface area contributed by atoms with Crippen molar-refractivity contribution < 1.29 is 9.53 Å². The average Bonchev–Trinajstić information content (AvgIpc) is 2.63. The van der Waals surface area contributed by atoms with Crippen LogP contribution < -0.4 is 0 Å². The summed E-state index contributed by atoms with van der Waals surface area (Å²) in [5.41, 5.74) is 2.44. The van der Waals surface area contributed by atoms with E-state index in [0.29, 0.717) is 18.2 Å². The molecule has 1 aromatic heterocycles. The number of ether oxygens (including phenoxy) is 1. The molecule has 1 heterocycles. The van der Waals surface area contributed by atoms with Gasteiger partial charge in [0, 0.05) is 6.04 Å². The molecule has 0 saturated heterocycles. The fourth-order valence-corrected chi connectivity index (χ4v) is 2.21. The van der Waals surface area contributed by atoms with Gasteiger partial charge in [-0.2, -0.15) is 0 Å². The van der Waals surface area contributed by atoms with Gasteiger partial charge in [0.05, 0.1) is 23.2 Å². The molecule has 4 nitrogen and oxygen atoms in total. The van der Waals surface area contributed by atoms with Gasteiger partial charge in [0.15, 0.2) is 0 Å². The van der Waals surface area contributed by atoms with Crippen molar-refractivity contribution in [3.63, 3.8) is 0 Å². The van der Waals surface area contributed by atoms with E-state index in [-0.39, 0.29) is 5.97 Å². The van der Waals surface area contributed by atoms with Crippen LogP contribution in [0.25, 0.3) is 11.0 Å². The number of aromatic nitrogens is 2. The van der Waals surface area contributed by atoms with Crippen molar-refractivity contribution in [1.29, 1.82) is 0 Å². The first-order chi connectivity index (χ1) is 8.54. The van der Waals surface area contributed by atoms with Crippen molar-refractivity contribution in [2.24, 2.45) is 0 Å². The lowest BCUT2D eigenvalue weighted by Gasteiger charge is -2.10. The first-order valence-electron chi connectivity index (χ1n) is 6.20. The monoisotopic (exact) mass is 246 g/mol. The molecule has 0 atom stereocenters. The predicted molar refractivity (Wildman–Crippen MR) is 70.8 cm³/mol. The van der Waals surface area contributed by atoms with E-state index >= 15 is 0 Å². The van der Waals surface area contributed by atoms with Crippen LogP contribution in [0.2, 0.25) is 0 Å². The molecule has 0 aliphatic carbocycles. The Labute approximate surface area is 107 Å². The van der Waals surface area contributed by atoms with E-state index < -0.39 is 0 Å². The SMILES string of the molecule is CCOC(=O)c1ccc2c(c1)nc(C)n2C(C)C. The van der Waals surface area contributed by atoms with Gasteiger partial charge < -0.3 is 9.30 Å². The van der Waals surface area contributed by atoms with E-state index in [1.165, 1.54) is 0 Å². The molecular formula is C14H18N2O2. The second-order valence-electron chi connectivity index (χ2n) is 4.55. The minimum Gasteiger partial charge on any atom is -0.462 e. The van der Waals surface area contributed by atoms with Crippen LogP contribution in [-0.4, -0.2) is 22.1 Å². The smallest absolute Gasteiger partial charge is 0.338 e. The summed E-state index contributed by atoms with van der Waals surface area (Å²) >= 11 is 0. The van der Waals surface area contributed by atoms with Gasteiger partial charge in [-0.15, -0.1) is 0 Å². The number of nitrogens with zero attached hydrogens (tertiary/aromatic N) is 2. The van der Waals surface area contributed by atoms with Gasteiger partial charge in [0.1, 0.15) is 5.82 Å². The number of fused-ring (bicyclic) bond motifs is 1. The number of imidazole rings is 1. The Kier molecular flexibility index (Phi) is 3.36. The van der Waals surface area contributed by atoms with E-state index in [1.807, 2.05) is 13.0 Å². The molecule has 18 heavy (non-hydrogen) atoms. The second kappa shape index (κ2) is 4.80. The zero-order chi connectivity index (χ0) is 13.3. The summed E-state index contributed by atoms with van der Waals surface area (Å²) in [4.78, 5) is 16.1.